The minimum atomic E-state index is -0.221. The van der Waals surface area contributed by atoms with Crippen LogP contribution in [0.15, 0.2) is 36.4 Å². The largest absolute Gasteiger partial charge is 0.493 e. The van der Waals surface area contributed by atoms with Crippen molar-refractivity contribution in [1.82, 2.24) is 5.32 Å². The summed E-state index contributed by atoms with van der Waals surface area (Å²) in [6.07, 6.45) is 0. The van der Waals surface area contributed by atoms with E-state index in [9.17, 15) is 4.79 Å². The summed E-state index contributed by atoms with van der Waals surface area (Å²) in [7, 11) is 3.01. The van der Waals surface area contributed by atoms with E-state index in [1.807, 2.05) is 38.1 Å². The van der Waals surface area contributed by atoms with Crippen molar-refractivity contribution in [2.75, 3.05) is 14.2 Å². The van der Waals surface area contributed by atoms with Gasteiger partial charge in [-0.05, 0) is 31.5 Å². The summed E-state index contributed by atoms with van der Waals surface area (Å²) in [4.78, 5) is 12.4. The Balaban J connectivity index is 2.20. The smallest absolute Gasteiger partial charge is 0.251 e. The quantitative estimate of drug-likeness (QED) is 0.893. The third-order valence-electron chi connectivity index (χ3n) is 3.62. The molecule has 2 aromatic carbocycles. The standard InChI is InChI=1S/C18H20ClNO3/c1-11-5-7-13(8-6-11)12(2)20-18(21)14-9-15(19)17(23-4)16(10-14)22-3/h5-10,12H,1-4H3,(H,20,21). The van der Waals surface area contributed by atoms with E-state index in [1.54, 1.807) is 12.1 Å². The van der Waals surface area contributed by atoms with Crippen molar-refractivity contribution in [3.8, 4) is 11.5 Å². The maximum absolute atomic E-state index is 12.4. The summed E-state index contributed by atoms with van der Waals surface area (Å²) in [6.45, 7) is 3.96. The summed E-state index contributed by atoms with van der Waals surface area (Å²) in [5.41, 5.74) is 2.64. The van der Waals surface area contributed by atoms with Crippen LogP contribution in [0.5, 0.6) is 11.5 Å². The average molecular weight is 334 g/mol. The Labute approximate surface area is 141 Å². The van der Waals surface area contributed by atoms with Crippen LogP contribution in [-0.2, 0) is 0 Å². The molecule has 5 heteroatoms. The van der Waals surface area contributed by atoms with Crippen molar-refractivity contribution >= 4 is 17.5 Å². The average Bonchev–Trinajstić information content (AvgIpc) is 2.54. The monoisotopic (exact) mass is 333 g/mol. The lowest BCUT2D eigenvalue weighted by Crippen LogP contribution is -2.26. The van der Waals surface area contributed by atoms with Gasteiger partial charge in [0, 0.05) is 5.56 Å². The number of methoxy groups -OCH3 is 2. The lowest BCUT2D eigenvalue weighted by Gasteiger charge is -2.16. The van der Waals surface area contributed by atoms with E-state index in [0.29, 0.717) is 22.1 Å². The second kappa shape index (κ2) is 7.38. The van der Waals surface area contributed by atoms with Crippen LogP contribution in [0.2, 0.25) is 5.02 Å². The summed E-state index contributed by atoms with van der Waals surface area (Å²) in [6, 6.07) is 11.1. The molecule has 0 aromatic heterocycles. The third-order valence-corrected chi connectivity index (χ3v) is 3.90. The van der Waals surface area contributed by atoms with E-state index in [0.717, 1.165) is 5.56 Å². The first kappa shape index (κ1) is 17.2. The van der Waals surface area contributed by atoms with E-state index in [2.05, 4.69) is 5.32 Å². The molecule has 1 atom stereocenters. The maximum Gasteiger partial charge on any atom is 0.251 e. The first-order valence-corrected chi connectivity index (χ1v) is 7.63. The number of hydrogen-bond acceptors (Lipinski definition) is 3. The number of halogens is 1. The summed E-state index contributed by atoms with van der Waals surface area (Å²) < 4.78 is 10.4. The SMILES string of the molecule is COc1cc(C(=O)NC(C)c2ccc(C)cc2)cc(Cl)c1OC. The van der Waals surface area contributed by atoms with Gasteiger partial charge in [-0.25, -0.2) is 0 Å². The summed E-state index contributed by atoms with van der Waals surface area (Å²) in [5.74, 6) is 0.617. The van der Waals surface area contributed by atoms with Crippen molar-refractivity contribution < 1.29 is 14.3 Å². The van der Waals surface area contributed by atoms with Crippen molar-refractivity contribution in [2.45, 2.75) is 19.9 Å². The van der Waals surface area contributed by atoms with Gasteiger partial charge in [-0.15, -0.1) is 0 Å². The van der Waals surface area contributed by atoms with Gasteiger partial charge in [0.1, 0.15) is 0 Å². The van der Waals surface area contributed by atoms with Crippen molar-refractivity contribution in [3.63, 3.8) is 0 Å². The Hall–Kier alpha value is -2.20. The van der Waals surface area contributed by atoms with Crippen molar-refractivity contribution in [3.05, 3.63) is 58.1 Å². The molecule has 0 bridgehead atoms. The highest BCUT2D eigenvalue weighted by molar-refractivity contribution is 6.32. The molecular formula is C18H20ClNO3. The van der Waals surface area contributed by atoms with Crippen molar-refractivity contribution in [1.29, 1.82) is 0 Å². The zero-order valence-electron chi connectivity index (χ0n) is 13.6. The minimum absolute atomic E-state index is 0.116. The predicted molar refractivity (Wildman–Crippen MR) is 91.6 cm³/mol. The number of hydrogen-bond donors (Lipinski definition) is 1. The van der Waals surface area contributed by atoms with Gasteiger partial charge in [0.2, 0.25) is 0 Å². The second-order valence-corrected chi connectivity index (χ2v) is 5.71. The zero-order chi connectivity index (χ0) is 17.0. The highest BCUT2D eigenvalue weighted by atomic mass is 35.5. The molecular weight excluding hydrogens is 314 g/mol. The first-order chi connectivity index (χ1) is 11.0. The van der Waals surface area contributed by atoms with Gasteiger partial charge in [-0.3, -0.25) is 4.79 Å². The number of rotatable bonds is 5. The van der Waals surface area contributed by atoms with Gasteiger partial charge >= 0.3 is 0 Å². The van der Waals surface area contributed by atoms with E-state index in [4.69, 9.17) is 21.1 Å². The Morgan fingerprint density at radius 1 is 1.13 bits per heavy atom. The fourth-order valence-electron chi connectivity index (χ4n) is 2.27. The van der Waals surface area contributed by atoms with Gasteiger partial charge in [-0.2, -0.15) is 0 Å². The number of carbonyl (C=O) groups excluding carboxylic acids is 1. The zero-order valence-corrected chi connectivity index (χ0v) is 14.4. The van der Waals surface area contributed by atoms with Crippen LogP contribution in [0.1, 0.15) is 34.5 Å². The van der Waals surface area contributed by atoms with Gasteiger partial charge in [-0.1, -0.05) is 41.4 Å². The van der Waals surface area contributed by atoms with Crippen LogP contribution in [0.25, 0.3) is 0 Å². The molecule has 2 aromatic rings. The number of aryl methyl sites for hydroxylation is 1. The number of amides is 1. The Morgan fingerprint density at radius 2 is 1.78 bits per heavy atom. The number of nitrogens with one attached hydrogen (secondary N) is 1. The van der Waals surface area contributed by atoms with E-state index < -0.39 is 0 Å². The van der Waals surface area contributed by atoms with Crippen LogP contribution < -0.4 is 14.8 Å². The van der Waals surface area contributed by atoms with Crippen LogP contribution in [0, 0.1) is 6.92 Å². The topological polar surface area (TPSA) is 47.6 Å². The van der Waals surface area contributed by atoms with Crippen LogP contribution in [0.3, 0.4) is 0 Å². The van der Waals surface area contributed by atoms with Gasteiger partial charge < -0.3 is 14.8 Å². The lowest BCUT2D eigenvalue weighted by atomic mass is 10.1. The molecule has 2 rings (SSSR count). The molecule has 1 unspecified atom stereocenters. The highest BCUT2D eigenvalue weighted by Gasteiger charge is 2.17. The normalized spacial score (nSPS) is 11.7. The summed E-state index contributed by atoms with van der Waals surface area (Å²) in [5, 5.41) is 3.29. The lowest BCUT2D eigenvalue weighted by molar-refractivity contribution is 0.0939. The molecule has 4 nitrogen and oxygen atoms in total. The number of ether oxygens (including phenoxy) is 2. The Bertz CT molecular complexity index is 698. The molecule has 122 valence electrons. The molecule has 0 aliphatic carbocycles. The second-order valence-electron chi connectivity index (χ2n) is 5.30. The fourth-order valence-corrected chi connectivity index (χ4v) is 2.56. The van der Waals surface area contributed by atoms with Crippen LogP contribution in [-0.4, -0.2) is 20.1 Å². The van der Waals surface area contributed by atoms with E-state index in [1.165, 1.54) is 19.8 Å². The fraction of sp³-hybridized carbons (Fsp3) is 0.278. The number of carbonyl (C=O) groups is 1. The first-order valence-electron chi connectivity index (χ1n) is 7.25. The van der Waals surface area contributed by atoms with Gasteiger partial charge in [0.25, 0.3) is 5.91 Å². The molecule has 0 aliphatic heterocycles. The Kier molecular flexibility index (Phi) is 5.50. The molecule has 0 saturated carbocycles. The van der Waals surface area contributed by atoms with Crippen LogP contribution >= 0.6 is 11.6 Å². The number of benzene rings is 2. The Morgan fingerprint density at radius 3 is 2.35 bits per heavy atom. The predicted octanol–water partition coefficient (Wildman–Crippen LogP) is 4.16. The van der Waals surface area contributed by atoms with E-state index in [-0.39, 0.29) is 11.9 Å². The molecule has 0 fully saturated rings. The highest BCUT2D eigenvalue weighted by Crippen LogP contribution is 2.36. The van der Waals surface area contributed by atoms with Crippen molar-refractivity contribution in [2.24, 2.45) is 0 Å². The van der Waals surface area contributed by atoms with Crippen LogP contribution in [0.4, 0.5) is 0 Å². The van der Waals surface area contributed by atoms with E-state index >= 15 is 0 Å². The minimum Gasteiger partial charge on any atom is -0.493 e. The maximum atomic E-state index is 12.4. The molecule has 1 N–H and O–H groups in total. The third kappa shape index (κ3) is 3.96. The molecule has 0 radical (unpaired) electrons. The molecule has 0 aliphatic rings. The molecule has 0 spiro atoms. The molecule has 0 saturated heterocycles. The van der Waals surface area contributed by atoms with Gasteiger partial charge in [0.05, 0.1) is 25.3 Å². The van der Waals surface area contributed by atoms with Gasteiger partial charge in [0.15, 0.2) is 11.5 Å². The summed E-state index contributed by atoms with van der Waals surface area (Å²) >= 11 is 6.14. The molecule has 0 heterocycles. The molecule has 23 heavy (non-hydrogen) atoms. The molecule has 1 amide bonds.